The minimum absolute atomic E-state index is 0.127. The number of nitrogens with zero attached hydrogens (tertiary/aromatic N) is 4. The number of anilines is 2. The molecule has 0 bridgehead atoms. The van der Waals surface area contributed by atoms with Gasteiger partial charge in [-0.2, -0.15) is 9.78 Å². The van der Waals surface area contributed by atoms with Crippen LogP contribution in [0.15, 0.2) is 65.6 Å². The van der Waals surface area contributed by atoms with E-state index in [1.165, 1.54) is 16.8 Å². The maximum absolute atomic E-state index is 12.5. The van der Waals surface area contributed by atoms with Crippen molar-refractivity contribution in [3.8, 4) is 5.69 Å². The highest BCUT2D eigenvalue weighted by molar-refractivity contribution is 6.02. The van der Waals surface area contributed by atoms with Gasteiger partial charge < -0.3 is 15.0 Å². The number of carbonyl (C=O) groups is 1. The largest absolute Gasteiger partial charge is 0.378 e. The molecule has 4 rings (SSSR count). The third kappa shape index (κ3) is 3.91. The van der Waals surface area contributed by atoms with E-state index in [2.05, 4.69) is 20.3 Å². The molecule has 1 aliphatic rings. The number of benzene rings is 1. The Kier molecular flexibility index (Phi) is 5.11. The van der Waals surface area contributed by atoms with Crippen LogP contribution in [0.2, 0.25) is 0 Å². The first kappa shape index (κ1) is 17.9. The Morgan fingerprint density at radius 2 is 1.75 bits per heavy atom. The lowest BCUT2D eigenvalue weighted by Gasteiger charge is -2.28. The van der Waals surface area contributed by atoms with Crippen LogP contribution < -0.4 is 15.8 Å². The predicted molar refractivity (Wildman–Crippen MR) is 105 cm³/mol. The lowest BCUT2D eigenvalue weighted by atomic mass is 10.3. The maximum Gasteiger partial charge on any atom is 0.277 e. The number of rotatable bonds is 4. The Labute approximate surface area is 161 Å². The topological polar surface area (TPSA) is 89.4 Å². The molecule has 0 unspecified atom stereocenters. The van der Waals surface area contributed by atoms with E-state index >= 15 is 0 Å². The first-order chi connectivity index (χ1) is 13.7. The van der Waals surface area contributed by atoms with E-state index in [0.29, 0.717) is 24.7 Å². The number of aromatic nitrogens is 3. The Balaban J connectivity index is 1.50. The number of nitrogens with one attached hydrogen (secondary N) is 1. The summed E-state index contributed by atoms with van der Waals surface area (Å²) in [7, 11) is 0. The summed E-state index contributed by atoms with van der Waals surface area (Å²) >= 11 is 0. The highest BCUT2D eigenvalue weighted by atomic mass is 16.5. The smallest absolute Gasteiger partial charge is 0.277 e. The van der Waals surface area contributed by atoms with Gasteiger partial charge in [0.15, 0.2) is 0 Å². The van der Waals surface area contributed by atoms with Gasteiger partial charge in [0.05, 0.1) is 30.8 Å². The number of pyridine rings is 1. The fraction of sp³-hybridized carbons (Fsp3) is 0.200. The van der Waals surface area contributed by atoms with E-state index in [1.807, 2.05) is 12.1 Å². The van der Waals surface area contributed by atoms with E-state index < -0.39 is 5.91 Å². The van der Waals surface area contributed by atoms with Crippen LogP contribution >= 0.6 is 0 Å². The van der Waals surface area contributed by atoms with E-state index in [0.717, 1.165) is 18.8 Å². The Hall–Kier alpha value is -3.52. The molecule has 2 aromatic heterocycles. The summed E-state index contributed by atoms with van der Waals surface area (Å²) in [6, 6.07) is 15.3. The normalized spacial score (nSPS) is 13.9. The van der Waals surface area contributed by atoms with Gasteiger partial charge in [0.25, 0.3) is 11.5 Å². The molecule has 3 heterocycles. The second kappa shape index (κ2) is 8.01. The average Bonchev–Trinajstić information content (AvgIpc) is 2.76. The molecule has 0 saturated carbocycles. The minimum Gasteiger partial charge on any atom is -0.378 e. The molecule has 1 aromatic carbocycles. The van der Waals surface area contributed by atoms with Crippen LogP contribution in [-0.4, -0.2) is 47.0 Å². The Bertz CT molecular complexity index is 1010. The van der Waals surface area contributed by atoms with E-state index in [9.17, 15) is 9.59 Å². The zero-order chi connectivity index (χ0) is 19.3. The number of hydrogen-bond donors (Lipinski definition) is 1. The fourth-order valence-corrected chi connectivity index (χ4v) is 2.94. The highest BCUT2D eigenvalue weighted by Gasteiger charge is 2.14. The summed E-state index contributed by atoms with van der Waals surface area (Å²) in [5, 5.41) is 6.89. The molecular formula is C20H19N5O3. The van der Waals surface area contributed by atoms with Crippen molar-refractivity contribution in [1.82, 2.24) is 14.8 Å². The van der Waals surface area contributed by atoms with Gasteiger partial charge in [-0.3, -0.25) is 9.59 Å². The van der Waals surface area contributed by atoms with Crippen molar-refractivity contribution in [3.63, 3.8) is 0 Å². The van der Waals surface area contributed by atoms with Crippen molar-refractivity contribution in [1.29, 1.82) is 0 Å². The molecule has 1 fully saturated rings. The van der Waals surface area contributed by atoms with Gasteiger partial charge in [0, 0.05) is 19.2 Å². The van der Waals surface area contributed by atoms with Gasteiger partial charge in [-0.25, -0.2) is 4.98 Å². The molecule has 1 N–H and O–H groups in total. The monoisotopic (exact) mass is 377 g/mol. The second-order valence-electron chi connectivity index (χ2n) is 6.26. The van der Waals surface area contributed by atoms with Gasteiger partial charge in [-0.05, 0) is 30.3 Å². The van der Waals surface area contributed by atoms with Crippen molar-refractivity contribution in [2.75, 3.05) is 36.5 Å². The first-order valence-electron chi connectivity index (χ1n) is 8.97. The highest BCUT2D eigenvalue weighted by Crippen LogP contribution is 2.16. The van der Waals surface area contributed by atoms with Gasteiger partial charge in [0.1, 0.15) is 11.5 Å². The SMILES string of the molecule is O=C(Nc1ccc(N2CCOCC2)cn1)c1ccc(=O)n(-c2ccccc2)n1. The Morgan fingerprint density at radius 3 is 2.46 bits per heavy atom. The molecular weight excluding hydrogens is 358 g/mol. The summed E-state index contributed by atoms with van der Waals surface area (Å²) in [4.78, 5) is 31.1. The molecule has 1 saturated heterocycles. The van der Waals surface area contributed by atoms with Crippen LogP contribution in [0.5, 0.6) is 0 Å². The molecule has 8 heteroatoms. The molecule has 3 aromatic rings. The molecule has 142 valence electrons. The molecule has 0 atom stereocenters. The molecule has 8 nitrogen and oxygen atoms in total. The molecule has 1 amide bonds. The Morgan fingerprint density at radius 1 is 0.964 bits per heavy atom. The third-order valence-electron chi connectivity index (χ3n) is 4.40. The van der Waals surface area contributed by atoms with Crippen molar-refractivity contribution in [3.05, 3.63) is 76.8 Å². The lowest BCUT2D eigenvalue weighted by molar-refractivity contribution is 0.102. The maximum atomic E-state index is 12.5. The van der Waals surface area contributed by atoms with E-state index in [-0.39, 0.29) is 11.3 Å². The molecule has 1 aliphatic heterocycles. The molecule has 0 spiro atoms. The summed E-state index contributed by atoms with van der Waals surface area (Å²) in [5.74, 6) is -0.0161. The molecule has 0 aliphatic carbocycles. The molecule has 0 radical (unpaired) electrons. The van der Waals surface area contributed by atoms with Gasteiger partial charge in [0.2, 0.25) is 0 Å². The first-order valence-corrected chi connectivity index (χ1v) is 8.97. The van der Waals surface area contributed by atoms with Gasteiger partial charge in [-0.15, -0.1) is 0 Å². The fourth-order valence-electron chi connectivity index (χ4n) is 2.94. The minimum atomic E-state index is -0.434. The zero-order valence-electron chi connectivity index (χ0n) is 15.1. The van der Waals surface area contributed by atoms with Crippen LogP contribution in [-0.2, 0) is 4.74 Å². The lowest BCUT2D eigenvalue weighted by Crippen LogP contribution is -2.36. The van der Waals surface area contributed by atoms with Crippen molar-refractivity contribution in [2.45, 2.75) is 0 Å². The number of amides is 1. The number of ether oxygens (including phenoxy) is 1. The van der Waals surface area contributed by atoms with Crippen molar-refractivity contribution < 1.29 is 9.53 Å². The molecule has 28 heavy (non-hydrogen) atoms. The van der Waals surface area contributed by atoms with Crippen LogP contribution in [0.4, 0.5) is 11.5 Å². The number of hydrogen-bond acceptors (Lipinski definition) is 6. The quantitative estimate of drug-likeness (QED) is 0.745. The van der Waals surface area contributed by atoms with Crippen LogP contribution in [0, 0.1) is 0 Å². The average molecular weight is 377 g/mol. The summed E-state index contributed by atoms with van der Waals surface area (Å²) in [6.07, 6.45) is 1.72. The van der Waals surface area contributed by atoms with Crippen LogP contribution in [0.1, 0.15) is 10.5 Å². The predicted octanol–water partition coefficient (Wildman–Crippen LogP) is 1.72. The van der Waals surface area contributed by atoms with Crippen LogP contribution in [0.3, 0.4) is 0 Å². The number of morpholine rings is 1. The number of para-hydroxylation sites is 1. The van der Waals surface area contributed by atoms with Crippen LogP contribution in [0.25, 0.3) is 5.69 Å². The van der Waals surface area contributed by atoms with Crippen molar-refractivity contribution in [2.24, 2.45) is 0 Å². The second-order valence-corrected chi connectivity index (χ2v) is 6.26. The van der Waals surface area contributed by atoms with Crippen molar-refractivity contribution >= 4 is 17.4 Å². The van der Waals surface area contributed by atoms with Gasteiger partial charge in [-0.1, -0.05) is 18.2 Å². The van der Waals surface area contributed by atoms with E-state index in [4.69, 9.17) is 4.74 Å². The third-order valence-corrected chi connectivity index (χ3v) is 4.40. The standard InChI is InChI=1S/C20H19N5O3/c26-19-9-7-17(23-25(19)15-4-2-1-3-5-15)20(27)22-18-8-6-16(14-21-18)24-10-12-28-13-11-24/h1-9,14H,10-13H2,(H,21,22,27). The summed E-state index contributed by atoms with van der Waals surface area (Å²) < 4.78 is 6.54. The van der Waals surface area contributed by atoms with Gasteiger partial charge >= 0.3 is 0 Å². The number of carbonyl (C=O) groups excluding carboxylic acids is 1. The van der Waals surface area contributed by atoms with E-state index in [1.54, 1.807) is 36.5 Å². The summed E-state index contributed by atoms with van der Waals surface area (Å²) in [6.45, 7) is 3.03. The summed E-state index contributed by atoms with van der Waals surface area (Å²) in [5.41, 5.74) is 1.39. The zero-order valence-corrected chi connectivity index (χ0v) is 15.1.